The van der Waals surface area contributed by atoms with Crippen molar-refractivity contribution < 1.29 is 26.4 Å². The molecule has 0 radical (unpaired) electrons. The van der Waals surface area contributed by atoms with E-state index in [9.17, 15) is 26.4 Å². The lowest BCUT2D eigenvalue weighted by atomic mass is 10.1. The number of rotatable bonds is 6. The van der Waals surface area contributed by atoms with Crippen molar-refractivity contribution >= 4 is 21.6 Å². The average Bonchev–Trinajstić information content (AvgIpc) is 3.21. The number of nitrogens with zero attached hydrogens (tertiary/aromatic N) is 4. The van der Waals surface area contributed by atoms with Gasteiger partial charge in [0, 0.05) is 5.69 Å². The highest BCUT2D eigenvalue weighted by molar-refractivity contribution is 7.89. The van der Waals surface area contributed by atoms with Gasteiger partial charge in [0.05, 0.1) is 16.1 Å². The molecule has 0 unspecified atom stereocenters. The third-order valence-electron chi connectivity index (χ3n) is 3.63. The SMILES string of the molecule is O=C(Nc1ccc(S(=O)(=O)NCC(F)(F)F)cc1)c1ccccc1-n1cnnn1. The number of nitrogens with one attached hydrogen (secondary N) is 2. The molecular formula is C16H13F3N6O3S. The van der Waals surface area contributed by atoms with Gasteiger partial charge in [-0.2, -0.15) is 17.9 Å². The maximum atomic E-state index is 12.6. The zero-order valence-corrected chi connectivity index (χ0v) is 15.3. The maximum Gasteiger partial charge on any atom is 0.402 e. The predicted molar refractivity (Wildman–Crippen MR) is 94.8 cm³/mol. The van der Waals surface area contributed by atoms with Crippen LogP contribution in [0.3, 0.4) is 0 Å². The number of alkyl halides is 3. The van der Waals surface area contributed by atoms with E-state index < -0.39 is 28.7 Å². The summed E-state index contributed by atoms with van der Waals surface area (Å²) in [6.45, 7) is -1.68. The Morgan fingerprint density at radius 3 is 2.38 bits per heavy atom. The minimum atomic E-state index is -4.67. The molecule has 152 valence electrons. The molecule has 0 aliphatic heterocycles. The van der Waals surface area contributed by atoms with Gasteiger partial charge in [-0.05, 0) is 46.8 Å². The molecule has 13 heteroatoms. The molecule has 0 bridgehead atoms. The van der Waals surface area contributed by atoms with E-state index in [-0.39, 0.29) is 16.1 Å². The number of halogens is 3. The number of hydrogen-bond acceptors (Lipinski definition) is 6. The van der Waals surface area contributed by atoms with Crippen LogP contribution in [0.15, 0.2) is 59.8 Å². The Balaban J connectivity index is 1.75. The van der Waals surface area contributed by atoms with E-state index in [1.165, 1.54) is 27.9 Å². The summed E-state index contributed by atoms with van der Waals surface area (Å²) in [6, 6.07) is 11.2. The molecule has 2 aromatic carbocycles. The van der Waals surface area contributed by atoms with Crippen molar-refractivity contribution in [2.24, 2.45) is 0 Å². The number of tetrazole rings is 1. The highest BCUT2D eigenvalue weighted by Crippen LogP contribution is 2.19. The first kappa shape index (κ1) is 20.4. The van der Waals surface area contributed by atoms with Crippen LogP contribution < -0.4 is 10.0 Å². The van der Waals surface area contributed by atoms with Gasteiger partial charge in [-0.15, -0.1) is 5.10 Å². The number of para-hydroxylation sites is 1. The summed E-state index contributed by atoms with van der Waals surface area (Å²) >= 11 is 0. The van der Waals surface area contributed by atoms with E-state index in [1.54, 1.807) is 24.3 Å². The van der Waals surface area contributed by atoms with Gasteiger partial charge >= 0.3 is 6.18 Å². The fraction of sp³-hybridized carbons (Fsp3) is 0.125. The first-order chi connectivity index (χ1) is 13.7. The minimum Gasteiger partial charge on any atom is -0.322 e. The minimum absolute atomic E-state index is 0.247. The molecule has 2 N–H and O–H groups in total. The first-order valence-electron chi connectivity index (χ1n) is 7.96. The van der Waals surface area contributed by atoms with Crippen molar-refractivity contribution in [1.82, 2.24) is 24.9 Å². The third kappa shape index (κ3) is 5.14. The lowest BCUT2D eigenvalue weighted by molar-refractivity contribution is -0.121. The van der Waals surface area contributed by atoms with Crippen molar-refractivity contribution in [2.45, 2.75) is 11.1 Å². The normalized spacial score (nSPS) is 12.0. The van der Waals surface area contributed by atoms with Gasteiger partial charge in [0.2, 0.25) is 10.0 Å². The molecule has 0 fully saturated rings. The molecule has 9 nitrogen and oxygen atoms in total. The maximum absolute atomic E-state index is 12.6. The monoisotopic (exact) mass is 426 g/mol. The lowest BCUT2D eigenvalue weighted by Gasteiger charge is -2.11. The third-order valence-corrected chi connectivity index (χ3v) is 5.05. The van der Waals surface area contributed by atoms with Gasteiger partial charge in [0.25, 0.3) is 5.91 Å². The first-order valence-corrected chi connectivity index (χ1v) is 9.44. The number of amides is 1. The summed E-state index contributed by atoms with van der Waals surface area (Å²) in [7, 11) is -4.34. The van der Waals surface area contributed by atoms with Crippen molar-refractivity contribution in [1.29, 1.82) is 0 Å². The highest BCUT2D eigenvalue weighted by Gasteiger charge is 2.30. The van der Waals surface area contributed by atoms with Gasteiger partial charge < -0.3 is 5.32 Å². The van der Waals surface area contributed by atoms with Crippen LogP contribution in [0, 0.1) is 0 Å². The van der Waals surface area contributed by atoms with Gasteiger partial charge in [0.1, 0.15) is 12.9 Å². The molecule has 0 spiro atoms. The Labute approximate surface area is 162 Å². The summed E-state index contributed by atoms with van der Waals surface area (Å²) in [5.74, 6) is -0.512. The molecule has 0 atom stereocenters. The van der Waals surface area contributed by atoms with Crippen LogP contribution in [0.2, 0.25) is 0 Å². The Morgan fingerprint density at radius 2 is 1.76 bits per heavy atom. The summed E-state index contributed by atoms with van der Waals surface area (Å²) < 4.78 is 63.2. The van der Waals surface area contributed by atoms with Crippen molar-refractivity contribution in [3.05, 3.63) is 60.4 Å². The summed E-state index contributed by atoms with van der Waals surface area (Å²) in [5.41, 5.74) is 0.921. The second kappa shape index (κ2) is 7.97. The van der Waals surface area contributed by atoms with E-state index in [4.69, 9.17) is 0 Å². The Hall–Kier alpha value is -3.32. The van der Waals surface area contributed by atoms with Gasteiger partial charge in [0.15, 0.2) is 0 Å². The molecule has 0 saturated carbocycles. The van der Waals surface area contributed by atoms with Gasteiger partial charge in [-0.3, -0.25) is 4.79 Å². The summed E-state index contributed by atoms with van der Waals surface area (Å²) in [6.07, 6.45) is -3.35. The molecule has 0 aliphatic carbocycles. The molecule has 1 aromatic heterocycles. The molecule has 3 aromatic rings. The summed E-state index contributed by atoms with van der Waals surface area (Å²) in [5, 5.41) is 13.3. The number of sulfonamides is 1. The second-order valence-electron chi connectivity index (χ2n) is 5.69. The van der Waals surface area contributed by atoms with Crippen molar-refractivity contribution in [3.8, 4) is 5.69 Å². The molecule has 0 saturated heterocycles. The van der Waals surface area contributed by atoms with Crippen LogP contribution in [0.4, 0.5) is 18.9 Å². The lowest BCUT2D eigenvalue weighted by Crippen LogP contribution is -2.33. The van der Waals surface area contributed by atoms with E-state index in [2.05, 4.69) is 20.8 Å². The highest BCUT2D eigenvalue weighted by atomic mass is 32.2. The second-order valence-corrected chi connectivity index (χ2v) is 7.46. The molecule has 0 aliphatic rings. The topological polar surface area (TPSA) is 119 Å². The fourth-order valence-electron chi connectivity index (χ4n) is 2.31. The zero-order valence-electron chi connectivity index (χ0n) is 14.5. The molecule has 29 heavy (non-hydrogen) atoms. The van der Waals surface area contributed by atoms with Crippen LogP contribution in [-0.2, 0) is 10.0 Å². The standard InChI is InChI=1S/C16H13F3N6O3S/c17-16(18,19)9-21-29(27,28)12-7-5-11(6-8-12)22-15(26)13-3-1-2-4-14(13)25-10-20-23-24-25/h1-8,10,21H,9H2,(H,22,26). The van der Waals surface area contributed by atoms with E-state index in [1.807, 2.05) is 0 Å². The van der Waals surface area contributed by atoms with Crippen molar-refractivity contribution in [2.75, 3.05) is 11.9 Å². The fourth-order valence-corrected chi connectivity index (χ4v) is 3.33. The largest absolute Gasteiger partial charge is 0.402 e. The molecule has 3 rings (SSSR count). The molecular weight excluding hydrogens is 413 g/mol. The van der Waals surface area contributed by atoms with Crippen LogP contribution in [0.5, 0.6) is 0 Å². The number of aromatic nitrogens is 4. The van der Waals surface area contributed by atoms with Crippen LogP contribution in [0.25, 0.3) is 5.69 Å². The number of benzene rings is 2. The van der Waals surface area contributed by atoms with E-state index in [0.29, 0.717) is 5.69 Å². The molecule has 1 heterocycles. The zero-order chi connectivity index (χ0) is 21.1. The predicted octanol–water partition coefficient (Wildman–Crippen LogP) is 1.76. The Morgan fingerprint density at radius 1 is 1.07 bits per heavy atom. The average molecular weight is 426 g/mol. The number of carbonyl (C=O) groups is 1. The smallest absolute Gasteiger partial charge is 0.322 e. The van der Waals surface area contributed by atoms with Crippen molar-refractivity contribution in [3.63, 3.8) is 0 Å². The van der Waals surface area contributed by atoms with Gasteiger partial charge in [-0.25, -0.2) is 13.1 Å². The van der Waals surface area contributed by atoms with E-state index in [0.717, 1.165) is 12.1 Å². The number of anilines is 1. The number of hydrogen-bond donors (Lipinski definition) is 2. The molecule has 1 amide bonds. The Bertz CT molecular complexity index is 1100. The summed E-state index contributed by atoms with van der Waals surface area (Å²) in [4.78, 5) is 12.2. The number of carbonyl (C=O) groups excluding carboxylic acids is 1. The quantitative estimate of drug-likeness (QED) is 0.620. The van der Waals surface area contributed by atoms with E-state index >= 15 is 0 Å². The van der Waals surface area contributed by atoms with Crippen LogP contribution in [0.1, 0.15) is 10.4 Å². The Kier molecular flexibility index (Phi) is 5.61. The van der Waals surface area contributed by atoms with Crippen LogP contribution >= 0.6 is 0 Å². The van der Waals surface area contributed by atoms with Gasteiger partial charge in [-0.1, -0.05) is 12.1 Å². The van der Waals surface area contributed by atoms with Crippen LogP contribution in [-0.4, -0.2) is 47.3 Å².